The van der Waals surface area contributed by atoms with Gasteiger partial charge in [-0.3, -0.25) is 9.78 Å². The summed E-state index contributed by atoms with van der Waals surface area (Å²) in [6.45, 7) is 2.07. The summed E-state index contributed by atoms with van der Waals surface area (Å²) < 4.78 is 5.07. The zero-order chi connectivity index (χ0) is 14.5. The topological polar surface area (TPSA) is 65.2 Å². The van der Waals surface area contributed by atoms with Crippen molar-refractivity contribution in [3.63, 3.8) is 0 Å². The van der Waals surface area contributed by atoms with Gasteiger partial charge in [-0.1, -0.05) is 13.0 Å². The number of aryl methyl sites for hydroxylation is 1. The van der Waals surface area contributed by atoms with E-state index in [9.17, 15) is 4.79 Å². The first-order valence-corrected chi connectivity index (χ1v) is 6.54. The van der Waals surface area contributed by atoms with Gasteiger partial charge in [0.25, 0.3) is 0 Å². The lowest BCUT2D eigenvalue weighted by Gasteiger charge is -2.07. The molecule has 2 rings (SSSR count). The second kappa shape index (κ2) is 6.19. The molecule has 0 radical (unpaired) electrons. The number of anilines is 1. The Labute approximate surface area is 118 Å². The van der Waals surface area contributed by atoms with Gasteiger partial charge in [-0.25, -0.2) is 0 Å². The van der Waals surface area contributed by atoms with Crippen LogP contribution in [0.15, 0.2) is 36.5 Å². The van der Waals surface area contributed by atoms with E-state index in [1.165, 1.54) is 0 Å². The number of methoxy groups -OCH3 is 1. The Balaban J connectivity index is 2.14. The molecule has 0 saturated carbocycles. The summed E-state index contributed by atoms with van der Waals surface area (Å²) in [7, 11) is 1.56. The molecule has 1 aromatic carbocycles. The van der Waals surface area contributed by atoms with Gasteiger partial charge in [0.1, 0.15) is 5.75 Å². The number of benzene rings is 1. The molecular weight excluding hydrogens is 252 g/mol. The van der Waals surface area contributed by atoms with E-state index in [1.54, 1.807) is 31.5 Å². The second-order valence-corrected chi connectivity index (χ2v) is 4.56. The zero-order valence-corrected chi connectivity index (χ0v) is 11.7. The minimum Gasteiger partial charge on any atom is -0.497 e. The molecule has 0 spiro atoms. The number of aromatic nitrogens is 1. The number of hydrogen-bond donors (Lipinski definition) is 1. The standard InChI is InChI=1S/C16H18N2O2/c1-3-11-4-5-12(18-10-11)8-16(19)14-7-6-13(20-2)9-15(14)17/h4-7,9-10H,3,8,17H2,1-2H3. The molecule has 1 heterocycles. The van der Waals surface area contributed by atoms with Crippen LogP contribution in [0.1, 0.15) is 28.5 Å². The summed E-state index contributed by atoms with van der Waals surface area (Å²) in [6, 6.07) is 8.96. The molecule has 0 amide bonds. The molecule has 2 N–H and O–H groups in total. The summed E-state index contributed by atoms with van der Waals surface area (Å²) in [5, 5.41) is 0. The monoisotopic (exact) mass is 270 g/mol. The lowest BCUT2D eigenvalue weighted by Crippen LogP contribution is -2.08. The number of hydrogen-bond acceptors (Lipinski definition) is 4. The number of rotatable bonds is 5. The molecule has 0 aliphatic carbocycles. The highest BCUT2D eigenvalue weighted by molar-refractivity contribution is 6.01. The number of ketones is 1. The Morgan fingerprint density at radius 2 is 2.10 bits per heavy atom. The van der Waals surface area contributed by atoms with Crippen LogP contribution in [0.4, 0.5) is 5.69 Å². The first kappa shape index (κ1) is 14.1. The predicted molar refractivity (Wildman–Crippen MR) is 79.1 cm³/mol. The van der Waals surface area contributed by atoms with Crippen molar-refractivity contribution >= 4 is 11.5 Å². The van der Waals surface area contributed by atoms with Crippen molar-refractivity contribution in [2.45, 2.75) is 19.8 Å². The number of nitrogen functional groups attached to an aromatic ring is 1. The Hall–Kier alpha value is -2.36. The predicted octanol–water partition coefficient (Wildman–Crippen LogP) is 2.66. The maximum atomic E-state index is 12.2. The van der Waals surface area contributed by atoms with Gasteiger partial charge >= 0.3 is 0 Å². The molecule has 20 heavy (non-hydrogen) atoms. The summed E-state index contributed by atoms with van der Waals surface area (Å²) in [4.78, 5) is 16.5. The highest BCUT2D eigenvalue weighted by Gasteiger charge is 2.12. The van der Waals surface area contributed by atoms with Crippen LogP contribution in [0, 0.1) is 0 Å². The smallest absolute Gasteiger partial charge is 0.170 e. The Bertz CT molecular complexity index is 606. The van der Waals surface area contributed by atoms with Gasteiger partial charge < -0.3 is 10.5 Å². The van der Waals surface area contributed by atoms with E-state index >= 15 is 0 Å². The van der Waals surface area contributed by atoms with E-state index in [2.05, 4.69) is 11.9 Å². The van der Waals surface area contributed by atoms with Gasteiger partial charge in [-0.15, -0.1) is 0 Å². The highest BCUT2D eigenvalue weighted by Crippen LogP contribution is 2.21. The van der Waals surface area contributed by atoms with Crippen LogP contribution in [-0.4, -0.2) is 17.9 Å². The van der Waals surface area contributed by atoms with Crippen LogP contribution in [0.3, 0.4) is 0 Å². The van der Waals surface area contributed by atoms with Crippen molar-refractivity contribution in [1.82, 2.24) is 4.98 Å². The molecule has 0 fully saturated rings. The largest absolute Gasteiger partial charge is 0.497 e. The van der Waals surface area contributed by atoms with Gasteiger partial charge in [0.2, 0.25) is 0 Å². The van der Waals surface area contributed by atoms with E-state index < -0.39 is 0 Å². The van der Waals surface area contributed by atoms with Crippen LogP contribution in [-0.2, 0) is 12.8 Å². The Morgan fingerprint density at radius 1 is 1.30 bits per heavy atom. The van der Waals surface area contributed by atoms with Crippen LogP contribution < -0.4 is 10.5 Å². The van der Waals surface area contributed by atoms with Crippen molar-refractivity contribution in [1.29, 1.82) is 0 Å². The summed E-state index contributed by atoms with van der Waals surface area (Å²) in [5.74, 6) is 0.603. The molecule has 4 nitrogen and oxygen atoms in total. The van der Waals surface area contributed by atoms with Crippen molar-refractivity contribution in [3.8, 4) is 5.75 Å². The number of pyridine rings is 1. The minimum absolute atomic E-state index is 0.0399. The third kappa shape index (κ3) is 3.15. The number of nitrogens with zero attached hydrogens (tertiary/aromatic N) is 1. The number of carbonyl (C=O) groups excluding carboxylic acids is 1. The minimum atomic E-state index is -0.0399. The van der Waals surface area contributed by atoms with Crippen LogP contribution >= 0.6 is 0 Å². The van der Waals surface area contributed by atoms with E-state index in [0.29, 0.717) is 17.0 Å². The average molecular weight is 270 g/mol. The Kier molecular flexibility index (Phi) is 4.35. The quantitative estimate of drug-likeness (QED) is 0.670. The first-order chi connectivity index (χ1) is 9.63. The van der Waals surface area contributed by atoms with Crippen LogP contribution in [0.25, 0.3) is 0 Å². The Morgan fingerprint density at radius 3 is 2.65 bits per heavy atom. The summed E-state index contributed by atoms with van der Waals surface area (Å²) >= 11 is 0. The van der Waals surface area contributed by atoms with Gasteiger partial charge in [0, 0.05) is 29.2 Å². The highest BCUT2D eigenvalue weighted by atomic mass is 16.5. The molecule has 1 aromatic heterocycles. The van der Waals surface area contributed by atoms with E-state index in [-0.39, 0.29) is 12.2 Å². The third-order valence-electron chi connectivity index (χ3n) is 3.20. The maximum Gasteiger partial charge on any atom is 0.170 e. The molecule has 0 aliphatic rings. The van der Waals surface area contributed by atoms with Crippen molar-refractivity contribution in [2.24, 2.45) is 0 Å². The fourth-order valence-corrected chi connectivity index (χ4v) is 1.95. The lowest BCUT2D eigenvalue weighted by atomic mass is 10.0. The fraction of sp³-hybridized carbons (Fsp3) is 0.250. The zero-order valence-electron chi connectivity index (χ0n) is 11.7. The molecule has 0 bridgehead atoms. The summed E-state index contributed by atoms with van der Waals surface area (Å²) in [5.41, 5.74) is 8.72. The van der Waals surface area contributed by atoms with Gasteiger partial charge in [0.05, 0.1) is 13.5 Å². The molecule has 4 heteroatoms. The van der Waals surface area contributed by atoms with E-state index in [0.717, 1.165) is 17.7 Å². The number of Topliss-reactive ketones (excluding diaryl/α,β-unsaturated/α-hetero) is 1. The maximum absolute atomic E-state index is 12.2. The van der Waals surface area contributed by atoms with E-state index in [4.69, 9.17) is 10.5 Å². The molecule has 0 aliphatic heterocycles. The van der Waals surface area contributed by atoms with E-state index in [1.807, 2.05) is 12.1 Å². The van der Waals surface area contributed by atoms with Crippen molar-refractivity contribution in [2.75, 3.05) is 12.8 Å². The molecule has 0 saturated heterocycles. The van der Waals surface area contributed by atoms with Crippen LogP contribution in [0.2, 0.25) is 0 Å². The lowest BCUT2D eigenvalue weighted by molar-refractivity contribution is 0.0993. The SMILES string of the molecule is CCc1ccc(CC(=O)c2ccc(OC)cc2N)nc1. The van der Waals surface area contributed by atoms with Crippen LogP contribution in [0.5, 0.6) is 5.75 Å². The van der Waals surface area contributed by atoms with Gasteiger partial charge in [-0.2, -0.15) is 0 Å². The first-order valence-electron chi connectivity index (χ1n) is 6.54. The molecule has 0 unspecified atom stereocenters. The number of ether oxygens (including phenoxy) is 1. The molecule has 2 aromatic rings. The number of nitrogens with two attached hydrogens (primary N) is 1. The third-order valence-corrected chi connectivity index (χ3v) is 3.20. The van der Waals surface area contributed by atoms with Crippen molar-refractivity contribution < 1.29 is 9.53 Å². The van der Waals surface area contributed by atoms with Gasteiger partial charge in [0.15, 0.2) is 5.78 Å². The van der Waals surface area contributed by atoms with Gasteiger partial charge in [-0.05, 0) is 30.2 Å². The molecule has 104 valence electrons. The second-order valence-electron chi connectivity index (χ2n) is 4.56. The number of carbonyl (C=O) groups is 1. The average Bonchev–Trinajstić information content (AvgIpc) is 2.47. The van der Waals surface area contributed by atoms with Crippen molar-refractivity contribution in [3.05, 3.63) is 53.3 Å². The molecular formula is C16H18N2O2. The summed E-state index contributed by atoms with van der Waals surface area (Å²) in [6.07, 6.45) is 2.99. The normalized spacial score (nSPS) is 10.3. The molecule has 0 atom stereocenters. The fourth-order valence-electron chi connectivity index (χ4n) is 1.95.